The molecule has 25 heavy (non-hydrogen) atoms. The standard InChI is InChI=1S/C19H22N2O4/c1-20-19(23)13-14-3-5-15(6-4-14)21-18(22)11-12-25-17-9-7-16(24-2)8-10-17/h3-10H,11-13H2,1-2H3,(H,20,23)(H,21,22). The highest BCUT2D eigenvalue weighted by atomic mass is 16.5. The van der Waals surface area contributed by atoms with Crippen molar-refractivity contribution in [1.82, 2.24) is 5.32 Å². The van der Waals surface area contributed by atoms with Crippen LogP contribution >= 0.6 is 0 Å². The predicted molar refractivity (Wildman–Crippen MR) is 95.9 cm³/mol. The number of rotatable bonds is 8. The summed E-state index contributed by atoms with van der Waals surface area (Å²) in [6.07, 6.45) is 0.562. The molecule has 0 saturated heterocycles. The van der Waals surface area contributed by atoms with E-state index < -0.39 is 0 Å². The Hall–Kier alpha value is -3.02. The number of hydrogen-bond acceptors (Lipinski definition) is 4. The van der Waals surface area contributed by atoms with Crippen molar-refractivity contribution in [3.8, 4) is 11.5 Å². The zero-order chi connectivity index (χ0) is 18.1. The lowest BCUT2D eigenvalue weighted by molar-refractivity contribution is -0.120. The van der Waals surface area contributed by atoms with E-state index >= 15 is 0 Å². The number of hydrogen-bond donors (Lipinski definition) is 2. The minimum absolute atomic E-state index is 0.0486. The number of carbonyl (C=O) groups is 2. The molecule has 0 radical (unpaired) electrons. The monoisotopic (exact) mass is 342 g/mol. The first kappa shape index (κ1) is 18.3. The molecule has 0 spiro atoms. The van der Waals surface area contributed by atoms with Crippen LogP contribution in [0.25, 0.3) is 0 Å². The number of likely N-dealkylation sites (N-methyl/N-ethyl adjacent to an activating group) is 1. The van der Waals surface area contributed by atoms with E-state index in [1.54, 1.807) is 50.6 Å². The molecule has 0 saturated carbocycles. The van der Waals surface area contributed by atoms with Crippen LogP contribution in [0, 0.1) is 0 Å². The first-order valence-electron chi connectivity index (χ1n) is 7.97. The third-order valence-electron chi connectivity index (χ3n) is 3.54. The lowest BCUT2D eigenvalue weighted by Crippen LogP contribution is -2.20. The van der Waals surface area contributed by atoms with Gasteiger partial charge in [0.05, 0.1) is 26.6 Å². The second-order valence-electron chi connectivity index (χ2n) is 5.37. The van der Waals surface area contributed by atoms with Crippen molar-refractivity contribution >= 4 is 17.5 Å². The fourth-order valence-electron chi connectivity index (χ4n) is 2.14. The molecular formula is C19H22N2O4. The van der Waals surface area contributed by atoms with Crippen LogP contribution in [0.3, 0.4) is 0 Å². The van der Waals surface area contributed by atoms with Gasteiger partial charge in [0.15, 0.2) is 0 Å². The molecular weight excluding hydrogens is 320 g/mol. The molecule has 0 aliphatic rings. The van der Waals surface area contributed by atoms with Crippen LogP contribution < -0.4 is 20.1 Å². The van der Waals surface area contributed by atoms with Gasteiger partial charge in [0.1, 0.15) is 11.5 Å². The number of nitrogens with one attached hydrogen (secondary N) is 2. The van der Waals surface area contributed by atoms with E-state index in [1.165, 1.54) is 0 Å². The summed E-state index contributed by atoms with van der Waals surface area (Å²) in [5.41, 5.74) is 1.58. The van der Waals surface area contributed by atoms with E-state index in [1.807, 2.05) is 12.1 Å². The molecule has 6 heteroatoms. The third kappa shape index (κ3) is 6.18. The molecule has 2 aromatic rings. The quantitative estimate of drug-likeness (QED) is 0.772. The Bertz CT molecular complexity index is 696. The zero-order valence-corrected chi connectivity index (χ0v) is 14.4. The van der Waals surface area contributed by atoms with Crippen LogP contribution in [0.4, 0.5) is 5.69 Å². The van der Waals surface area contributed by atoms with Crippen molar-refractivity contribution in [3.63, 3.8) is 0 Å². The zero-order valence-electron chi connectivity index (χ0n) is 14.4. The van der Waals surface area contributed by atoms with Gasteiger partial charge in [-0.3, -0.25) is 9.59 Å². The summed E-state index contributed by atoms with van der Waals surface area (Å²) in [5.74, 6) is 1.26. The fourth-order valence-corrected chi connectivity index (χ4v) is 2.14. The second-order valence-corrected chi connectivity index (χ2v) is 5.37. The van der Waals surface area contributed by atoms with E-state index in [-0.39, 0.29) is 24.8 Å². The Labute approximate surface area is 147 Å². The van der Waals surface area contributed by atoms with Crippen LogP contribution in [0.1, 0.15) is 12.0 Å². The Morgan fingerprint density at radius 2 is 1.56 bits per heavy atom. The molecule has 0 fully saturated rings. The highest BCUT2D eigenvalue weighted by molar-refractivity contribution is 5.90. The van der Waals surface area contributed by atoms with Gasteiger partial charge in [-0.05, 0) is 42.0 Å². The maximum atomic E-state index is 11.9. The average Bonchev–Trinajstić information content (AvgIpc) is 2.64. The maximum absolute atomic E-state index is 11.9. The van der Waals surface area contributed by atoms with E-state index in [0.717, 1.165) is 11.3 Å². The van der Waals surface area contributed by atoms with Gasteiger partial charge in [0.25, 0.3) is 0 Å². The topological polar surface area (TPSA) is 76.7 Å². The second kappa shape index (κ2) is 9.32. The summed E-state index contributed by atoms with van der Waals surface area (Å²) in [6.45, 7) is 0.285. The van der Waals surface area contributed by atoms with Gasteiger partial charge >= 0.3 is 0 Å². The van der Waals surface area contributed by atoms with Gasteiger partial charge in [0.2, 0.25) is 11.8 Å². The lowest BCUT2D eigenvalue weighted by atomic mass is 10.1. The summed E-state index contributed by atoms with van der Waals surface area (Å²) in [4.78, 5) is 23.3. The largest absolute Gasteiger partial charge is 0.497 e. The minimum Gasteiger partial charge on any atom is -0.497 e. The first-order chi connectivity index (χ1) is 12.1. The predicted octanol–water partition coefficient (Wildman–Crippen LogP) is 2.39. The van der Waals surface area contributed by atoms with Crippen LogP contribution in [0.2, 0.25) is 0 Å². The molecule has 0 aliphatic heterocycles. The number of ether oxygens (including phenoxy) is 2. The minimum atomic E-state index is -0.132. The number of amides is 2. The Kier molecular flexibility index (Phi) is 6.83. The third-order valence-corrected chi connectivity index (χ3v) is 3.54. The molecule has 2 aromatic carbocycles. The first-order valence-corrected chi connectivity index (χ1v) is 7.97. The fraction of sp³-hybridized carbons (Fsp3) is 0.263. The molecule has 0 aromatic heterocycles. The van der Waals surface area contributed by atoms with Crippen molar-refractivity contribution in [3.05, 3.63) is 54.1 Å². The summed E-state index contributed by atoms with van der Waals surface area (Å²) < 4.78 is 10.6. The summed E-state index contributed by atoms with van der Waals surface area (Å²) in [7, 11) is 3.20. The van der Waals surface area contributed by atoms with E-state index in [2.05, 4.69) is 10.6 Å². The number of carbonyl (C=O) groups excluding carboxylic acids is 2. The van der Waals surface area contributed by atoms with E-state index in [9.17, 15) is 9.59 Å². The molecule has 2 amide bonds. The Balaban J connectivity index is 1.74. The average molecular weight is 342 g/mol. The number of anilines is 1. The van der Waals surface area contributed by atoms with Gasteiger partial charge in [0, 0.05) is 12.7 Å². The molecule has 0 atom stereocenters. The highest BCUT2D eigenvalue weighted by Gasteiger charge is 2.05. The van der Waals surface area contributed by atoms with Crippen molar-refractivity contribution in [2.45, 2.75) is 12.8 Å². The van der Waals surface area contributed by atoms with Gasteiger partial charge in [-0.1, -0.05) is 12.1 Å². The molecule has 0 unspecified atom stereocenters. The Morgan fingerprint density at radius 1 is 0.920 bits per heavy atom. The molecule has 6 nitrogen and oxygen atoms in total. The van der Waals surface area contributed by atoms with Gasteiger partial charge in [-0.25, -0.2) is 0 Å². The highest BCUT2D eigenvalue weighted by Crippen LogP contribution is 2.17. The van der Waals surface area contributed by atoms with E-state index in [4.69, 9.17) is 9.47 Å². The summed E-state index contributed by atoms with van der Waals surface area (Å²) in [5, 5.41) is 5.38. The summed E-state index contributed by atoms with van der Waals surface area (Å²) in [6, 6.07) is 14.4. The van der Waals surface area contributed by atoms with Crippen LogP contribution in [0.15, 0.2) is 48.5 Å². The van der Waals surface area contributed by atoms with Gasteiger partial charge in [-0.15, -0.1) is 0 Å². The van der Waals surface area contributed by atoms with E-state index in [0.29, 0.717) is 17.9 Å². The van der Waals surface area contributed by atoms with Crippen LogP contribution in [-0.2, 0) is 16.0 Å². The lowest BCUT2D eigenvalue weighted by Gasteiger charge is -2.08. The van der Waals surface area contributed by atoms with Crippen molar-refractivity contribution in [1.29, 1.82) is 0 Å². The van der Waals surface area contributed by atoms with Crippen molar-refractivity contribution < 1.29 is 19.1 Å². The molecule has 0 heterocycles. The molecule has 132 valence electrons. The molecule has 0 aliphatic carbocycles. The normalized spacial score (nSPS) is 10.0. The maximum Gasteiger partial charge on any atom is 0.227 e. The Morgan fingerprint density at radius 3 is 2.16 bits per heavy atom. The SMILES string of the molecule is CNC(=O)Cc1ccc(NC(=O)CCOc2ccc(OC)cc2)cc1. The summed E-state index contributed by atoms with van der Waals surface area (Å²) >= 11 is 0. The molecule has 2 N–H and O–H groups in total. The van der Waals surface area contributed by atoms with Crippen LogP contribution in [0.5, 0.6) is 11.5 Å². The van der Waals surface area contributed by atoms with Crippen LogP contribution in [-0.4, -0.2) is 32.6 Å². The number of benzene rings is 2. The molecule has 2 rings (SSSR count). The number of methoxy groups -OCH3 is 1. The van der Waals surface area contributed by atoms with Crippen molar-refractivity contribution in [2.24, 2.45) is 0 Å². The molecule has 0 bridgehead atoms. The van der Waals surface area contributed by atoms with Gasteiger partial charge < -0.3 is 20.1 Å². The van der Waals surface area contributed by atoms with Gasteiger partial charge in [-0.2, -0.15) is 0 Å². The smallest absolute Gasteiger partial charge is 0.227 e. The van der Waals surface area contributed by atoms with Crippen molar-refractivity contribution in [2.75, 3.05) is 26.1 Å².